The zero-order valence-corrected chi connectivity index (χ0v) is 45.3. The van der Waals surface area contributed by atoms with Crippen LogP contribution in [-0.4, -0.2) is 48.1 Å². The smallest absolute Gasteiger partial charge is 0.337 e. The Labute approximate surface area is 457 Å². The van der Waals surface area contributed by atoms with Gasteiger partial charge < -0.3 is 4.74 Å². The predicted molar refractivity (Wildman–Crippen MR) is 278 cm³/mol. The maximum atomic E-state index is 13.9. The average Bonchev–Trinajstić information content (AvgIpc) is 1.69. The molecule has 1 aliphatic heterocycles. The molecule has 0 radical (unpaired) electrons. The van der Waals surface area contributed by atoms with Gasteiger partial charge in [0.25, 0.3) is 0 Å². The Bertz CT molecular complexity index is 3380. The summed E-state index contributed by atoms with van der Waals surface area (Å²) in [7, 11) is 1.68. The maximum Gasteiger partial charge on any atom is 0.337 e. The predicted octanol–water partition coefficient (Wildman–Crippen LogP) is 8.95. The van der Waals surface area contributed by atoms with Crippen molar-refractivity contribution in [3.8, 4) is 0 Å². The summed E-state index contributed by atoms with van der Waals surface area (Å²) >= 11 is 2.41. The first-order chi connectivity index (χ1) is 38.3. The van der Waals surface area contributed by atoms with Gasteiger partial charge in [0.2, 0.25) is 0 Å². The first-order valence-electron chi connectivity index (χ1n) is 35.8. The normalized spacial score (nSPS) is 90.0. The van der Waals surface area contributed by atoms with Gasteiger partial charge in [0, 0.05) is 30.1 Å². The van der Waals surface area contributed by atoms with E-state index in [1.807, 2.05) is 0 Å². The van der Waals surface area contributed by atoms with E-state index in [0.29, 0.717) is 11.0 Å². The number of rotatable bonds is 4. The second kappa shape index (κ2) is 9.49. The quantitative estimate of drug-likeness (QED) is 0.282. The fourth-order valence-electron chi connectivity index (χ4n) is 49.7. The topological polar surface area (TPSA) is 29.5 Å². The molecule has 33 aliphatic rings. The van der Waals surface area contributed by atoms with E-state index >= 15 is 0 Å². The monoisotopic (exact) mass is 1030 g/mol. The van der Waals surface area contributed by atoms with Crippen molar-refractivity contribution in [2.75, 3.05) is 31.7 Å². The molecule has 1 saturated heterocycles. The molecule has 3 nitrogen and oxygen atoms in total. The van der Waals surface area contributed by atoms with Crippen LogP contribution in [-0.2, 0) is 11.2 Å². The number of methoxy groups -OCH3 is 1. The van der Waals surface area contributed by atoms with Gasteiger partial charge in [-0.15, -0.1) is 0 Å². The Morgan fingerprint density at radius 1 is 0.390 bits per heavy atom. The summed E-state index contributed by atoms with van der Waals surface area (Å²) in [5.74, 6) is 71.4. The minimum atomic E-state index is -0.0593. The number of hydrogen-bond donors (Lipinski definition) is 0. The molecule has 77 heavy (non-hydrogen) atoms. The first kappa shape index (κ1) is 36.7. The third kappa shape index (κ3) is 2.42. The summed E-state index contributed by atoms with van der Waals surface area (Å²) in [5, 5.41) is 0. The number of thioether (sulfide) groups is 1. The highest BCUT2D eigenvalue weighted by molar-refractivity contribution is 7.99. The second-order valence-corrected chi connectivity index (χ2v) is 40.4. The van der Waals surface area contributed by atoms with E-state index in [1.165, 1.54) is 268 Å². The molecule has 1 heterocycles. The van der Waals surface area contributed by atoms with Gasteiger partial charge >= 0.3 is 5.97 Å². The molecule has 33 fully saturated rings. The van der Waals surface area contributed by atoms with Gasteiger partial charge in [0.1, 0.15) is 0 Å². The number of benzene rings is 1. The molecule has 0 bridgehead atoms. The number of esters is 1. The van der Waals surface area contributed by atoms with Gasteiger partial charge in [-0.2, -0.15) is 11.8 Å². The SMILES string of the molecule is COC(=O)c1cccc(CC23C4C5C6C7C8C9C%10C%11C%12C%13C%14C%10C%10C%15C9C9C7C5C5C7C9C%15C9C%15C%10C%14C%10C%14C%13C%13C%12C%12C(C%118)C6C6C%12C8C%13C%11C%14C%12C%10C%15C%10C9C7C(C52)C2(N5CCSCC5)C%10C%12C5C%11C8C(C64)C3C52)c1. The zero-order chi connectivity index (χ0) is 46.6. The molecule has 4 heteroatoms. The molecule has 1 aromatic rings. The van der Waals surface area contributed by atoms with Crippen LogP contribution < -0.4 is 0 Å². The Morgan fingerprint density at radius 3 is 1.04 bits per heavy atom. The molecule has 390 valence electrons. The third-order valence-corrected chi connectivity index (χ3v) is 44.8. The minimum Gasteiger partial charge on any atom is -0.465 e. The number of carbonyl (C=O) groups excluding carboxylic acids is 1. The Morgan fingerprint density at radius 2 is 0.662 bits per heavy atom. The molecule has 0 spiro atoms. The van der Waals surface area contributed by atoms with Crippen LogP contribution in [0.5, 0.6) is 0 Å². The van der Waals surface area contributed by atoms with Gasteiger partial charge in [-0.1, -0.05) is 12.1 Å². The molecule has 60 atom stereocenters. The number of hydrogen-bond acceptors (Lipinski definition) is 4. The van der Waals surface area contributed by atoms with Crippen molar-refractivity contribution in [2.24, 2.45) is 349 Å². The summed E-state index contributed by atoms with van der Waals surface area (Å²) in [6.45, 7) is 2.99. The highest BCUT2D eigenvalue weighted by Crippen LogP contribution is 3.07. The van der Waals surface area contributed by atoms with Crippen molar-refractivity contribution in [1.29, 1.82) is 0 Å². The Kier molecular flexibility index (Phi) is 4.52. The van der Waals surface area contributed by atoms with Crippen LogP contribution in [0.4, 0.5) is 0 Å². The van der Waals surface area contributed by atoms with Crippen molar-refractivity contribution in [1.82, 2.24) is 4.90 Å². The van der Waals surface area contributed by atoms with Gasteiger partial charge in [0.05, 0.1) is 12.7 Å². The second-order valence-electron chi connectivity index (χ2n) is 39.1. The molecule has 0 amide bonds. The summed E-state index contributed by atoms with van der Waals surface area (Å²) in [6.07, 6.45) is 1.41. The number of ether oxygens (including phenoxy) is 1. The van der Waals surface area contributed by atoms with Crippen molar-refractivity contribution in [2.45, 2.75) is 12.0 Å². The van der Waals surface area contributed by atoms with Crippen molar-refractivity contribution < 1.29 is 9.53 Å². The van der Waals surface area contributed by atoms with E-state index in [9.17, 15) is 4.79 Å². The summed E-state index contributed by atoms with van der Waals surface area (Å²) in [6, 6.07) is 9.79. The van der Waals surface area contributed by atoms with Crippen molar-refractivity contribution >= 4 is 17.7 Å². The molecule has 1 aromatic carbocycles. The summed E-state index contributed by atoms with van der Waals surface area (Å²) in [5.41, 5.74) is 3.57. The van der Waals surface area contributed by atoms with Crippen LogP contribution in [0, 0.1) is 349 Å². The first-order valence-corrected chi connectivity index (χ1v) is 36.9. The Balaban J connectivity index is 0.822. The summed E-state index contributed by atoms with van der Waals surface area (Å²) in [4.78, 5) is 17.7. The van der Waals surface area contributed by atoms with E-state index in [2.05, 4.69) is 40.9 Å². The Hall–Kier alpha value is -1.00. The molecule has 60 unspecified atom stereocenters. The standard InChI is InChI=1S/C73H75NO2S/c1-76-71(75)12-4-2-3-11(9-12)10-72-65-57-48-41-28-21-15-16-18-14-13-17(15)26(28)32-30-19(13)23-20(14)31-33-27(18)29-22(16)25-24(21)35-43-36(25)45-42(29)49-47(33)51-38(31)40-34(23)39-37(30)50(46(32)48)61(65)63-52(39)53(40)64-62(51)66-58(49)55(45)60-56(43)59(54(57)44(35)41)67(72)69(60)73(66,70(64)68(63)72)74-5-7-77-8-6-74/h2-4,9,13-70H,5-8,10H2,1H3. The fourth-order valence-corrected chi connectivity index (χ4v) is 50.6. The van der Waals surface area contributed by atoms with Crippen LogP contribution in [0.2, 0.25) is 0 Å². The molecule has 34 rings (SSSR count). The van der Waals surface area contributed by atoms with E-state index in [-0.39, 0.29) is 5.97 Å². The van der Waals surface area contributed by atoms with E-state index in [0.717, 1.165) is 112 Å². The van der Waals surface area contributed by atoms with Gasteiger partial charge in [0.15, 0.2) is 0 Å². The highest BCUT2D eigenvalue weighted by Gasteiger charge is 3.05. The minimum absolute atomic E-state index is 0.0593. The highest BCUT2D eigenvalue weighted by atomic mass is 32.2. The fraction of sp³-hybridized carbons (Fsp3) is 0.904. The lowest BCUT2D eigenvalue weighted by molar-refractivity contribution is -0.260. The van der Waals surface area contributed by atoms with Gasteiger partial charge in [-0.25, -0.2) is 4.79 Å². The van der Waals surface area contributed by atoms with E-state index in [4.69, 9.17) is 4.74 Å². The van der Waals surface area contributed by atoms with Crippen LogP contribution in [0.15, 0.2) is 24.3 Å². The van der Waals surface area contributed by atoms with Crippen LogP contribution in [0.25, 0.3) is 0 Å². The maximum absolute atomic E-state index is 13.9. The third-order valence-electron chi connectivity index (χ3n) is 43.9. The van der Waals surface area contributed by atoms with Crippen molar-refractivity contribution in [3.05, 3.63) is 35.4 Å². The molecule has 32 aliphatic carbocycles. The van der Waals surface area contributed by atoms with E-state index in [1.54, 1.807) is 12.7 Å². The largest absolute Gasteiger partial charge is 0.465 e. The van der Waals surface area contributed by atoms with Crippen molar-refractivity contribution in [3.63, 3.8) is 0 Å². The van der Waals surface area contributed by atoms with Crippen LogP contribution in [0.3, 0.4) is 0 Å². The average molecular weight is 1030 g/mol. The molecule has 0 aromatic heterocycles. The summed E-state index contributed by atoms with van der Waals surface area (Å²) < 4.78 is 5.70. The number of carbonyl (C=O) groups is 1. The van der Waals surface area contributed by atoms with Gasteiger partial charge in [-0.3, -0.25) is 4.90 Å². The lowest BCUT2D eigenvalue weighted by Crippen LogP contribution is -2.77. The molecular weight excluding hydrogens is 955 g/mol. The molecule has 32 saturated carbocycles. The zero-order valence-electron chi connectivity index (χ0n) is 44.5. The van der Waals surface area contributed by atoms with Crippen LogP contribution in [0.1, 0.15) is 15.9 Å². The lowest BCUT2D eigenvalue weighted by Gasteiger charge is -2.74. The van der Waals surface area contributed by atoms with E-state index < -0.39 is 0 Å². The number of nitrogens with zero attached hydrogens (tertiary/aromatic N) is 1. The molecule has 0 N–H and O–H groups in total. The molecular formula is C73H75NO2S. The van der Waals surface area contributed by atoms with Crippen LogP contribution >= 0.6 is 11.8 Å². The lowest BCUT2D eigenvalue weighted by atomic mass is 9.33. The van der Waals surface area contributed by atoms with Gasteiger partial charge in [-0.05, 0) is 373 Å².